The number of para-hydroxylation sites is 1. The number of hydrogen-bond acceptors (Lipinski definition) is 2. The molecule has 0 spiro atoms. The smallest absolute Gasteiger partial charge is 0.143 e. The van der Waals surface area contributed by atoms with Gasteiger partial charge in [-0.2, -0.15) is 0 Å². The van der Waals surface area contributed by atoms with Crippen LogP contribution < -0.4 is 4.90 Å². The Morgan fingerprint density at radius 1 is 0.438 bits per heavy atom. The Morgan fingerprint density at radius 2 is 1.04 bits per heavy atom. The summed E-state index contributed by atoms with van der Waals surface area (Å²) in [4.78, 5) is 2.13. The van der Waals surface area contributed by atoms with E-state index in [2.05, 4.69) is 29.2 Å². The molecule has 0 radical (unpaired) electrons. The van der Waals surface area contributed by atoms with Crippen LogP contribution in [0.15, 0.2) is 192 Å². The molecule has 0 atom stereocenters. The fourth-order valence-electron chi connectivity index (χ4n) is 6.42. The first kappa shape index (κ1) is 20.7. The van der Waals surface area contributed by atoms with Gasteiger partial charge in [0.05, 0.1) is 11.0 Å². The Hall–Kier alpha value is -6.38. The third-order valence-electron chi connectivity index (χ3n) is 8.64. The molecule has 0 saturated heterocycles. The molecule has 0 saturated carbocycles. The van der Waals surface area contributed by atoms with Crippen molar-refractivity contribution < 1.29 is 15.4 Å². The lowest BCUT2D eigenvalue weighted by Crippen LogP contribution is -2.09. The maximum atomic E-state index is 9.82. The molecule has 48 heavy (non-hydrogen) atoms. The van der Waals surface area contributed by atoms with Crippen LogP contribution in [0.4, 0.5) is 17.1 Å². The molecular weight excluding hydrogens is 583 g/mol. The SMILES string of the molecule is [2H]c1c([2H])c(-c2ccccc2)c2c(oc3c4c([2H])c([2H])c([2H])c([2H])c4c(-c4ccc(N(c5ccccc5)c5cccc(-c6ccccc6)c5)cc4)c([2H])c32)c1[2H]. The minimum atomic E-state index is -0.462. The van der Waals surface area contributed by atoms with E-state index in [9.17, 15) is 1.37 Å². The molecule has 0 N–H and O–H groups in total. The predicted octanol–water partition coefficient (Wildman–Crippen LogP) is 13.2. The van der Waals surface area contributed by atoms with E-state index in [4.69, 9.17) is 14.0 Å². The molecule has 9 aromatic rings. The van der Waals surface area contributed by atoms with Crippen LogP contribution in [0.5, 0.6) is 0 Å². The zero-order chi connectivity index (χ0) is 38.8. The zero-order valence-corrected chi connectivity index (χ0v) is 25.6. The van der Waals surface area contributed by atoms with E-state index in [0.717, 1.165) is 28.2 Å². The summed E-state index contributed by atoms with van der Waals surface area (Å²) in [5.74, 6) is 0. The summed E-state index contributed by atoms with van der Waals surface area (Å²) in [6.07, 6.45) is 0. The molecule has 226 valence electrons. The van der Waals surface area contributed by atoms with Crippen molar-refractivity contribution in [3.05, 3.63) is 188 Å². The van der Waals surface area contributed by atoms with Gasteiger partial charge in [-0.3, -0.25) is 0 Å². The second kappa shape index (κ2) is 11.8. The molecule has 1 heterocycles. The number of hydrogen-bond donors (Lipinski definition) is 0. The number of rotatable bonds is 6. The standard InChI is InChI=1S/C46H31NO/c1-4-14-32(15-5-1)35-18-12-21-38(30-35)47(36-19-8-3-9-20-36)37-28-26-34(27-29-37)42-31-43-45-39(33-16-6-2-7-17-33)24-13-25-44(45)48-46(43)41-23-11-10-22-40(41)42/h1-31H/i10D,11D,13D,22D,23D,24D,25D,31D. The summed E-state index contributed by atoms with van der Waals surface area (Å²) in [7, 11) is 0. The topological polar surface area (TPSA) is 16.4 Å². The van der Waals surface area contributed by atoms with Gasteiger partial charge in [-0.1, -0.05) is 139 Å². The lowest BCUT2D eigenvalue weighted by atomic mass is 9.93. The van der Waals surface area contributed by atoms with E-state index < -0.39 is 12.1 Å². The molecule has 1 aromatic heterocycles. The number of furan rings is 1. The zero-order valence-electron chi connectivity index (χ0n) is 33.6. The largest absolute Gasteiger partial charge is 0.455 e. The van der Waals surface area contributed by atoms with Crippen LogP contribution in [-0.2, 0) is 0 Å². The third kappa shape index (κ3) is 4.83. The van der Waals surface area contributed by atoms with Gasteiger partial charge in [-0.25, -0.2) is 0 Å². The summed E-state index contributed by atoms with van der Waals surface area (Å²) in [5, 5.41) is 0.669. The first-order valence-electron chi connectivity index (χ1n) is 19.7. The second-order valence-electron chi connectivity index (χ2n) is 11.5. The average molecular weight is 622 g/mol. The van der Waals surface area contributed by atoms with Crippen LogP contribution in [0.3, 0.4) is 0 Å². The van der Waals surface area contributed by atoms with Gasteiger partial charge < -0.3 is 9.32 Å². The van der Waals surface area contributed by atoms with Crippen LogP contribution in [0.1, 0.15) is 11.0 Å². The van der Waals surface area contributed by atoms with Crippen molar-refractivity contribution in [1.82, 2.24) is 0 Å². The minimum absolute atomic E-state index is 0.0107. The van der Waals surface area contributed by atoms with Gasteiger partial charge in [0.1, 0.15) is 11.2 Å². The monoisotopic (exact) mass is 621 g/mol. The minimum Gasteiger partial charge on any atom is -0.455 e. The Balaban J connectivity index is 1.32. The molecule has 0 fully saturated rings. The molecule has 0 aliphatic carbocycles. The van der Waals surface area contributed by atoms with E-state index in [1.807, 2.05) is 91.0 Å². The van der Waals surface area contributed by atoms with Crippen LogP contribution in [0.2, 0.25) is 0 Å². The fraction of sp³-hybridized carbons (Fsp3) is 0. The molecule has 8 aromatic carbocycles. The van der Waals surface area contributed by atoms with Crippen LogP contribution in [-0.4, -0.2) is 0 Å². The first-order valence-corrected chi connectivity index (χ1v) is 15.7. The van der Waals surface area contributed by atoms with Gasteiger partial charge in [-0.05, 0) is 87.2 Å². The quantitative estimate of drug-likeness (QED) is 0.184. The molecule has 0 unspecified atom stereocenters. The van der Waals surface area contributed by atoms with Crippen LogP contribution in [0, 0.1) is 0 Å². The van der Waals surface area contributed by atoms with Gasteiger partial charge in [0, 0.05) is 33.2 Å². The molecule has 9 rings (SSSR count). The maximum Gasteiger partial charge on any atom is 0.143 e. The number of anilines is 3. The van der Waals surface area contributed by atoms with Gasteiger partial charge in [-0.15, -0.1) is 0 Å². The van der Waals surface area contributed by atoms with Gasteiger partial charge in [0.2, 0.25) is 0 Å². The van der Waals surface area contributed by atoms with Crippen molar-refractivity contribution in [2.24, 2.45) is 0 Å². The average Bonchev–Trinajstić information content (AvgIpc) is 3.63. The molecule has 0 aliphatic heterocycles. The van der Waals surface area contributed by atoms with E-state index in [1.54, 1.807) is 24.3 Å². The number of benzene rings is 8. The Bertz CT molecular complexity index is 2990. The molecule has 2 nitrogen and oxygen atoms in total. The highest BCUT2D eigenvalue weighted by molar-refractivity contribution is 6.22. The Morgan fingerprint density at radius 3 is 1.79 bits per heavy atom. The lowest BCUT2D eigenvalue weighted by molar-refractivity contribution is 0.673. The summed E-state index contributed by atoms with van der Waals surface area (Å²) >= 11 is 0. The molecule has 0 bridgehead atoms. The van der Waals surface area contributed by atoms with Crippen LogP contribution >= 0.6 is 0 Å². The molecule has 0 amide bonds. The fourth-order valence-corrected chi connectivity index (χ4v) is 6.42. The highest BCUT2D eigenvalue weighted by Crippen LogP contribution is 2.44. The van der Waals surface area contributed by atoms with Crippen molar-refractivity contribution in [3.8, 4) is 33.4 Å². The van der Waals surface area contributed by atoms with Crippen molar-refractivity contribution in [2.75, 3.05) is 4.90 Å². The normalized spacial score (nSPS) is 13.7. The van der Waals surface area contributed by atoms with Crippen LogP contribution in [0.25, 0.3) is 66.1 Å². The van der Waals surface area contributed by atoms with E-state index in [0.29, 0.717) is 16.7 Å². The summed E-state index contributed by atoms with van der Waals surface area (Å²) in [5.41, 5.74) is 6.51. The van der Waals surface area contributed by atoms with Crippen molar-refractivity contribution >= 4 is 49.8 Å². The lowest BCUT2D eigenvalue weighted by Gasteiger charge is -2.26. The maximum absolute atomic E-state index is 9.82. The third-order valence-corrected chi connectivity index (χ3v) is 8.64. The van der Waals surface area contributed by atoms with E-state index in [-0.39, 0.29) is 74.5 Å². The highest BCUT2D eigenvalue weighted by Gasteiger charge is 2.19. The van der Waals surface area contributed by atoms with Crippen molar-refractivity contribution in [3.63, 3.8) is 0 Å². The van der Waals surface area contributed by atoms with Crippen molar-refractivity contribution in [2.45, 2.75) is 0 Å². The van der Waals surface area contributed by atoms with Crippen molar-refractivity contribution in [1.29, 1.82) is 0 Å². The Kier molecular flexibility index (Phi) is 5.07. The summed E-state index contributed by atoms with van der Waals surface area (Å²) < 4.78 is 78.1. The first-order chi connectivity index (χ1) is 27.2. The summed E-state index contributed by atoms with van der Waals surface area (Å²) in [6.45, 7) is 0. The van der Waals surface area contributed by atoms with Gasteiger partial charge in [0.25, 0.3) is 0 Å². The predicted molar refractivity (Wildman–Crippen MR) is 202 cm³/mol. The molecule has 0 aliphatic rings. The number of nitrogens with zero attached hydrogens (tertiary/aromatic N) is 1. The van der Waals surface area contributed by atoms with E-state index in [1.165, 1.54) is 0 Å². The van der Waals surface area contributed by atoms with Gasteiger partial charge in [0.15, 0.2) is 0 Å². The molecular formula is C46H31NO. The summed E-state index contributed by atoms with van der Waals surface area (Å²) in [6, 6.07) is 42.4. The second-order valence-corrected chi connectivity index (χ2v) is 11.5. The van der Waals surface area contributed by atoms with E-state index >= 15 is 0 Å². The highest BCUT2D eigenvalue weighted by atomic mass is 16.3. The van der Waals surface area contributed by atoms with Gasteiger partial charge >= 0.3 is 0 Å². The number of fused-ring (bicyclic) bond motifs is 5. The molecule has 2 heteroatoms. The Labute approximate surface area is 291 Å².